The number of hydrogen-bond donors (Lipinski definition) is 2. The number of rotatable bonds is 6. The second-order valence-electron chi connectivity index (χ2n) is 7.16. The number of anilines is 1. The van der Waals surface area contributed by atoms with Gasteiger partial charge in [-0.15, -0.1) is 0 Å². The van der Waals surface area contributed by atoms with Crippen molar-refractivity contribution in [1.82, 2.24) is 19.6 Å². The number of nitrogens with one attached hydrogen (secondary N) is 2. The predicted molar refractivity (Wildman–Crippen MR) is 108 cm³/mol. The highest BCUT2D eigenvalue weighted by atomic mass is 32.2. The van der Waals surface area contributed by atoms with Gasteiger partial charge >= 0.3 is 6.03 Å². The Morgan fingerprint density at radius 2 is 2.19 bits per heavy atom. The summed E-state index contributed by atoms with van der Waals surface area (Å²) in [6, 6.07) is 4.43. The topological polar surface area (TPSA) is 81.3 Å². The Hall–Kier alpha value is -2.22. The van der Waals surface area contributed by atoms with Crippen LogP contribution in [0.3, 0.4) is 0 Å². The van der Waals surface area contributed by atoms with Gasteiger partial charge in [0.05, 0.1) is 0 Å². The molecular formula is C19H25N5O2S. The monoisotopic (exact) mass is 387 g/mol. The van der Waals surface area contributed by atoms with E-state index in [2.05, 4.69) is 26.8 Å². The number of piperidine rings is 1. The van der Waals surface area contributed by atoms with E-state index in [4.69, 9.17) is 0 Å². The van der Waals surface area contributed by atoms with Crippen molar-refractivity contribution < 1.29 is 9.59 Å². The number of likely N-dealkylation sites (tertiary alicyclic amines) is 1. The molecule has 27 heavy (non-hydrogen) atoms. The van der Waals surface area contributed by atoms with Crippen molar-refractivity contribution in [3.05, 3.63) is 23.9 Å². The van der Waals surface area contributed by atoms with Crippen LogP contribution in [0.4, 0.5) is 10.6 Å². The summed E-state index contributed by atoms with van der Waals surface area (Å²) in [4.78, 5) is 35.2. The summed E-state index contributed by atoms with van der Waals surface area (Å²) < 4.78 is 2.88. The van der Waals surface area contributed by atoms with E-state index in [1.54, 1.807) is 4.90 Å². The summed E-state index contributed by atoms with van der Waals surface area (Å²) >= 11 is 1.43. The van der Waals surface area contributed by atoms with Gasteiger partial charge in [0.25, 0.3) is 0 Å². The van der Waals surface area contributed by atoms with Crippen LogP contribution in [0.1, 0.15) is 44.1 Å². The fraction of sp³-hybridized carbons (Fsp3) is 0.526. The van der Waals surface area contributed by atoms with Crippen LogP contribution in [0.2, 0.25) is 0 Å². The number of nitrogens with zero attached hydrogens (tertiary/aromatic N) is 3. The van der Waals surface area contributed by atoms with Crippen molar-refractivity contribution in [1.29, 1.82) is 0 Å². The summed E-state index contributed by atoms with van der Waals surface area (Å²) in [5, 5.41) is 1.12. The molecule has 3 heterocycles. The molecular weight excluding hydrogens is 362 g/mol. The Bertz CT molecular complexity index is 827. The van der Waals surface area contributed by atoms with Gasteiger partial charge in [-0.25, -0.2) is 9.78 Å². The Balaban J connectivity index is 1.54. The summed E-state index contributed by atoms with van der Waals surface area (Å²) in [5.41, 5.74) is 2.06. The van der Waals surface area contributed by atoms with E-state index in [0.29, 0.717) is 5.92 Å². The standard InChI is InChI=1S/C19H25N5O2S/c1-2-27-22-19(26)23-9-6-13(7-10-23)16-11-17(24(12-25)14-3-4-14)21-18-15(16)5-8-20-18/h5,8,11-14H,2-4,6-7,9-10H2,1H3,(H,20,21)(H,22,26). The molecule has 2 fully saturated rings. The fourth-order valence-electron chi connectivity index (χ4n) is 3.79. The molecule has 2 N–H and O–H groups in total. The summed E-state index contributed by atoms with van der Waals surface area (Å²) in [5.74, 6) is 1.96. The molecule has 0 aromatic carbocycles. The lowest BCUT2D eigenvalue weighted by atomic mass is 9.88. The highest BCUT2D eigenvalue weighted by Crippen LogP contribution is 2.37. The molecule has 1 saturated heterocycles. The number of aromatic nitrogens is 2. The molecule has 1 aliphatic carbocycles. The van der Waals surface area contributed by atoms with Gasteiger partial charge in [-0.1, -0.05) is 6.92 Å². The van der Waals surface area contributed by atoms with Gasteiger partial charge in [0, 0.05) is 36.5 Å². The molecule has 3 amide bonds. The Morgan fingerprint density at radius 3 is 2.85 bits per heavy atom. The van der Waals surface area contributed by atoms with E-state index in [9.17, 15) is 9.59 Å². The van der Waals surface area contributed by atoms with E-state index < -0.39 is 0 Å². The Morgan fingerprint density at radius 1 is 1.41 bits per heavy atom. The third kappa shape index (κ3) is 3.76. The van der Waals surface area contributed by atoms with Gasteiger partial charge in [0.1, 0.15) is 11.5 Å². The molecule has 0 atom stereocenters. The third-order valence-corrected chi connectivity index (χ3v) is 6.00. The SMILES string of the molecule is CCSNC(=O)N1CCC(c2cc(N(C=O)C3CC3)nc3[nH]ccc23)CC1. The second kappa shape index (κ2) is 7.80. The average molecular weight is 388 g/mol. The maximum Gasteiger partial charge on any atom is 0.327 e. The molecule has 4 rings (SSSR count). The number of pyridine rings is 1. The minimum absolute atomic E-state index is 0.00312. The zero-order valence-electron chi connectivity index (χ0n) is 15.5. The summed E-state index contributed by atoms with van der Waals surface area (Å²) in [6.07, 6.45) is 6.72. The van der Waals surface area contributed by atoms with Crippen LogP contribution in [-0.2, 0) is 4.79 Å². The van der Waals surface area contributed by atoms with Crippen molar-refractivity contribution in [3.8, 4) is 0 Å². The number of urea groups is 1. The fourth-order valence-corrected chi connectivity index (χ4v) is 4.19. The average Bonchev–Trinajstić information content (AvgIpc) is 3.42. The smallest absolute Gasteiger partial charge is 0.327 e. The maximum absolute atomic E-state index is 12.2. The molecule has 0 spiro atoms. The first kappa shape index (κ1) is 18.2. The van der Waals surface area contributed by atoms with Gasteiger partial charge in [0.2, 0.25) is 6.41 Å². The maximum atomic E-state index is 12.2. The Labute approximate surface area is 163 Å². The van der Waals surface area contributed by atoms with E-state index in [1.165, 1.54) is 17.5 Å². The van der Waals surface area contributed by atoms with Crippen LogP contribution in [0.25, 0.3) is 11.0 Å². The molecule has 0 bridgehead atoms. The van der Waals surface area contributed by atoms with Gasteiger partial charge in [-0.3, -0.25) is 14.4 Å². The normalized spacial score (nSPS) is 17.9. The highest BCUT2D eigenvalue weighted by Gasteiger charge is 2.31. The van der Waals surface area contributed by atoms with Crippen LogP contribution in [-0.4, -0.2) is 52.2 Å². The first-order valence-electron chi connectivity index (χ1n) is 9.59. The molecule has 7 nitrogen and oxygen atoms in total. The summed E-state index contributed by atoms with van der Waals surface area (Å²) in [7, 11) is 0. The first-order valence-corrected chi connectivity index (χ1v) is 10.6. The van der Waals surface area contributed by atoms with Gasteiger partial charge in [-0.05, 0) is 61.2 Å². The number of amides is 3. The largest absolute Gasteiger partial charge is 0.346 e. The lowest BCUT2D eigenvalue weighted by molar-refractivity contribution is -0.107. The van der Waals surface area contributed by atoms with Crippen LogP contribution in [0.15, 0.2) is 18.3 Å². The van der Waals surface area contributed by atoms with Gasteiger partial charge in [0.15, 0.2) is 0 Å². The molecule has 144 valence electrons. The summed E-state index contributed by atoms with van der Waals surface area (Å²) in [6.45, 7) is 3.50. The highest BCUT2D eigenvalue weighted by molar-refractivity contribution is 7.97. The lowest BCUT2D eigenvalue weighted by Gasteiger charge is -2.32. The van der Waals surface area contributed by atoms with E-state index in [-0.39, 0.29) is 12.1 Å². The predicted octanol–water partition coefficient (Wildman–Crippen LogP) is 3.25. The van der Waals surface area contributed by atoms with Crippen molar-refractivity contribution in [2.45, 2.75) is 44.6 Å². The van der Waals surface area contributed by atoms with E-state index >= 15 is 0 Å². The Kier molecular flexibility index (Phi) is 5.24. The van der Waals surface area contributed by atoms with Crippen molar-refractivity contribution >= 4 is 41.2 Å². The van der Waals surface area contributed by atoms with Gasteiger partial charge < -0.3 is 9.88 Å². The molecule has 1 saturated carbocycles. The van der Waals surface area contributed by atoms with Crippen molar-refractivity contribution in [3.63, 3.8) is 0 Å². The van der Waals surface area contributed by atoms with E-state index in [0.717, 1.165) is 67.8 Å². The molecule has 1 aliphatic heterocycles. The van der Waals surface area contributed by atoms with Crippen LogP contribution in [0.5, 0.6) is 0 Å². The first-order chi connectivity index (χ1) is 13.2. The van der Waals surface area contributed by atoms with Crippen molar-refractivity contribution in [2.24, 2.45) is 0 Å². The van der Waals surface area contributed by atoms with Crippen LogP contribution >= 0.6 is 11.9 Å². The van der Waals surface area contributed by atoms with E-state index in [1.807, 2.05) is 18.0 Å². The molecule has 2 aliphatic rings. The number of hydrogen-bond acceptors (Lipinski definition) is 4. The minimum atomic E-state index is 0.00312. The molecule has 0 radical (unpaired) electrons. The zero-order valence-corrected chi connectivity index (χ0v) is 16.3. The quantitative estimate of drug-likeness (QED) is 0.589. The van der Waals surface area contributed by atoms with Crippen LogP contribution in [0, 0.1) is 0 Å². The molecule has 8 heteroatoms. The number of H-pyrrole nitrogens is 1. The zero-order chi connectivity index (χ0) is 18.8. The number of aromatic amines is 1. The molecule has 2 aromatic rings. The molecule has 0 unspecified atom stereocenters. The lowest BCUT2D eigenvalue weighted by Crippen LogP contribution is -2.42. The number of carbonyl (C=O) groups excluding carboxylic acids is 2. The molecule has 2 aromatic heterocycles. The number of fused-ring (bicyclic) bond motifs is 1. The van der Waals surface area contributed by atoms with Gasteiger partial charge in [-0.2, -0.15) is 0 Å². The second-order valence-corrected chi connectivity index (χ2v) is 8.23. The third-order valence-electron chi connectivity index (χ3n) is 5.39. The van der Waals surface area contributed by atoms with Crippen LogP contribution < -0.4 is 9.62 Å². The number of carbonyl (C=O) groups is 2. The minimum Gasteiger partial charge on any atom is -0.346 e. The van der Waals surface area contributed by atoms with Crippen molar-refractivity contribution in [2.75, 3.05) is 23.7 Å².